The second kappa shape index (κ2) is 13.9. The summed E-state index contributed by atoms with van der Waals surface area (Å²) < 4.78 is 13.1. The van der Waals surface area contributed by atoms with Crippen LogP contribution in [0.15, 0.2) is 78.9 Å². The number of rotatable bonds is 8. The number of pyridine rings is 1. The fraction of sp³-hybridized carbons (Fsp3) is 0.473. The second-order valence-corrected chi connectivity index (χ2v) is 20.5. The number of hydrogen-bond acceptors (Lipinski definition) is 3. The van der Waals surface area contributed by atoms with E-state index in [0.717, 1.165) is 75.4 Å². The van der Waals surface area contributed by atoms with Crippen molar-refractivity contribution in [1.29, 1.82) is 0 Å². The maximum Gasteiger partial charge on any atom is 0.130 e. The summed E-state index contributed by atoms with van der Waals surface area (Å²) in [6.07, 6.45) is 15.3. The van der Waals surface area contributed by atoms with Crippen LogP contribution in [0.2, 0.25) is 0 Å². The van der Waals surface area contributed by atoms with E-state index < -0.39 is 0 Å². The Hall–Kier alpha value is -4.37. The zero-order valence-electron chi connectivity index (χ0n) is 35.7. The first-order chi connectivity index (χ1) is 28.1. The molecule has 0 N–H and O–H groups in total. The van der Waals surface area contributed by atoms with E-state index in [1.54, 1.807) is 0 Å². The Morgan fingerprint density at radius 2 is 0.931 bits per heavy atom. The quantitative estimate of drug-likeness (QED) is 0.158. The molecule has 4 aromatic carbocycles. The second-order valence-electron chi connectivity index (χ2n) is 20.5. The monoisotopic (exact) mass is 767 g/mol. The minimum atomic E-state index is 0.234. The number of ether oxygens (including phenoxy) is 2. The standard InChI is InChI=1S/C55H61NO2/c1-31-10-12-42(46-16-33(3)18-48(53(46)57-5)52-40-24-35-20-36(26-40)27-41(52)25-35)44(14-31)50-8-7-9-51(56-50)45-15-32(2)11-13-43(45)47-17-34(4)19-49(54(47)58-6)55-28-37-21-38(29-55)23-39(22-37)30-55/h7-19,35-41,52H,20-30H2,1-6H3. The molecule has 8 bridgehead atoms. The number of methoxy groups -OCH3 is 2. The van der Waals surface area contributed by atoms with E-state index in [0.29, 0.717) is 5.92 Å². The largest absolute Gasteiger partial charge is 0.496 e. The summed E-state index contributed by atoms with van der Waals surface area (Å²) in [6.45, 7) is 8.97. The number of aromatic nitrogens is 1. The number of benzene rings is 4. The average Bonchev–Trinajstić information content (AvgIpc) is 3.19. The lowest BCUT2D eigenvalue weighted by atomic mass is 9.48. The van der Waals surface area contributed by atoms with Gasteiger partial charge in [-0.2, -0.15) is 0 Å². The van der Waals surface area contributed by atoms with Crippen molar-refractivity contribution in [2.75, 3.05) is 14.2 Å². The third-order valence-electron chi connectivity index (χ3n) is 16.3. The highest BCUT2D eigenvalue weighted by atomic mass is 16.5. The highest BCUT2D eigenvalue weighted by Gasteiger charge is 2.53. The molecule has 0 aliphatic heterocycles. The van der Waals surface area contributed by atoms with E-state index in [9.17, 15) is 0 Å². The zero-order chi connectivity index (χ0) is 39.4. The van der Waals surface area contributed by atoms with Crippen molar-refractivity contribution in [3.8, 4) is 56.3 Å². The summed E-state index contributed by atoms with van der Waals surface area (Å²) in [4.78, 5) is 5.59. The normalized spacial score (nSPS) is 30.2. The first-order valence-corrected chi connectivity index (χ1v) is 22.7. The molecular weight excluding hydrogens is 707 g/mol. The molecule has 0 atom stereocenters. The smallest absolute Gasteiger partial charge is 0.130 e. The average molecular weight is 768 g/mol. The van der Waals surface area contributed by atoms with Crippen molar-refractivity contribution in [2.45, 2.75) is 110 Å². The van der Waals surface area contributed by atoms with Crippen LogP contribution >= 0.6 is 0 Å². The van der Waals surface area contributed by atoms with E-state index in [4.69, 9.17) is 14.5 Å². The van der Waals surface area contributed by atoms with Crippen molar-refractivity contribution in [3.63, 3.8) is 0 Å². The third kappa shape index (κ3) is 5.99. The Labute approximate surface area is 347 Å². The molecule has 0 radical (unpaired) electrons. The molecule has 3 nitrogen and oxygen atoms in total. The van der Waals surface area contributed by atoms with Crippen molar-refractivity contribution < 1.29 is 9.47 Å². The summed E-state index contributed by atoms with van der Waals surface area (Å²) in [7, 11) is 3.80. The van der Waals surface area contributed by atoms with Gasteiger partial charge in [-0.3, -0.25) is 0 Å². The lowest BCUT2D eigenvalue weighted by Gasteiger charge is -2.57. The highest BCUT2D eigenvalue weighted by molar-refractivity contribution is 5.90. The molecule has 0 saturated heterocycles. The van der Waals surface area contributed by atoms with Gasteiger partial charge in [0.2, 0.25) is 0 Å². The molecule has 3 heteroatoms. The summed E-state index contributed by atoms with van der Waals surface area (Å²) in [5, 5.41) is 0. The van der Waals surface area contributed by atoms with Crippen LogP contribution in [0.3, 0.4) is 0 Å². The van der Waals surface area contributed by atoms with Gasteiger partial charge in [0, 0.05) is 27.8 Å². The molecule has 1 aromatic heterocycles. The van der Waals surface area contributed by atoms with Gasteiger partial charge in [-0.15, -0.1) is 0 Å². The van der Waals surface area contributed by atoms with E-state index >= 15 is 0 Å². The molecule has 298 valence electrons. The molecular formula is C55H61NO2. The zero-order valence-corrected chi connectivity index (χ0v) is 35.7. The minimum absolute atomic E-state index is 0.234. The molecule has 8 fully saturated rings. The fourth-order valence-corrected chi connectivity index (χ4v) is 14.9. The maximum absolute atomic E-state index is 6.55. The van der Waals surface area contributed by atoms with Gasteiger partial charge in [-0.05, 0) is 215 Å². The van der Waals surface area contributed by atoms with E-state index in [1.165, 1.54) is 126 Å². The van der Waals surface area contributed by atoms with E-state index in [1.807, 2.05) is 14.2 Å². The van der Waals surface area contributed by atoms with Crippen LogP contribution in [0.1, 0.15) is 110 Å². The number of hydrogen-bond donors (Lipinski definition) is 0. The fourth-order valence-electron chi connectivity index (χ4n) is 14.9. The van der Waals surface area contributed by atoms with Crippen LogP contribution in [-0.4, -0.2) is 19.2 Å². The topological polar surface area (TPSA) is 31.4 Å². The van der Waals surface area contributed by atoms with Gasteiger partial charge in [0.15, 0.2) is 0 Å². The Morgan fingerprint density at radius 1 is 0.466 bits per heavy atom. The predicted octanol–water partition coefficient (Wildman–Crippen LogP) is 14.0. The van der Waals surface area contributed by atoms with E-state index in [-0.39, 0.29) is 5.41 Å². The molecule has 0 amide bonds. The first-order valence-electron chi connectivity index (χ1n) is 22.7. The molecule has 13 rings (SSSR count). The van der Waals surface area contributed by atoms with Crippen LogP contribution in [0.4, 0.5) is 0 Å². The summed E-state index contributed by atoms with van der Waals surface area (Å²) in [5.41, 5.74) is 17.4. The number of aryl methyl sites for hydroxylation is 4. The van der Waals surface area contributed by atoms with Gasteiger partial charge in [0.25, 0.3) is 0 Å². The van der Waals surface area contributed by atoms with Crippen molar-refractivity contribution in [1.82, 2.24) is 4.98 Å². The van der Waals surface area contributed by atoms with Gasteiger partial charge < -0.3 is 9.47 Å². The molecule has 8 saturated carbocycles. The van der Waals surface area contributed by atoms with Crippen LogP contribution in [0, 0.1) is 69.1 Å². The molecule has 1 heterocycles. The van der Waals surface area contributed by atoms with Crippen molar-refractivity contribution in [2.24, 2.45) is 41.4 Å². The minimum Gasteiger partial charge on any atom is -0.496 e. The lowest BCUT2D eigenvalue weighted by Crippen LogP contribution is -2.48. The Bertz CT molecular complexity index is 2370. The summed E-state index contributed by atoms with van der Waals surface area (Å²) in [6, 6.07) is 30.1. The molecule has 8 aliphatic carbocycles. The van der Waals surface area contributed by atoms with Crippen LogP contribution < -0.4 is 9.47 Å². The van der Waals surface area contributed by atoms with Crippen molar-refractivity contribution in [3.05, 3.63) is 112 Å². The Balaban J connectivity index is 1.02. The lowest BCUT2D eigenvalue weighted by molar-refractivity contribution is -0.00615. The summed E-state index contributed by atoms with van der Waals surface area (Å²) in [5.74, 6) is 8.83. The van der Waals surface area contributed by atoms with Crippen LogP contribution in [0.5, 0.6) is 11.5 Å². The van der Waals surface area contributed by atoms with Crippen LogP contribution in [0.25, 0.3) is 44.8 Å². The molecule has 58 heavy (non-hydrogen) atoms. The van der Waals surface area contributed by atoms with Gasteiger partial charge in [-0.25, -0.2) is 4.98 Å². The van der Waals surface area contributed by atoms with Crippen molar-refractivity contribution >= 4 is 0 Å². The first kappa shape index (κ1) is 36.7. The number of nitrogens with zero attached hydrogens (tertiary/aromatic N) is 1. The molecule has 0 unspecified atom stereocenters. The van der Waals surface area contributed by atoms with E-state index in [2.05, 4.69) is 107 Å². The van der Waals surface area contributed by atoms with Crippen LogP contribution in [-0.2, 0) is 5.41 Å². The molecule has 8 aliphatic rings. The van der Waals surface area contributed by atoms with Gasteiger partial charge in [0.1, 0.15) is 11.5 Å². The van der Waals surface area contributed by atoms with Gasteiger partial charge in [-0.1, -0.05) is 53.6 Å². The molecule has 5 aromatic rings. The molecule has 0 spiro atoms. The van der Waals surface area contributed by atoms with Gasteiger partial charge >= 0.3 is 0 Å². The predicted molar refractivity (Wildman–Crippen MR) is 238 cm³/mol. The SMILES string of the molecule is COc1c(-c2ccc(C)cc2-c2cccc(-c3cc(C)ccc3-c3cc(C)cc(C45CC6CC(CC(C6)C4)C5)c3OC)n2)cc(C)cc1C1C2CC3CC(C2)CC1C3. The Morgan fingerprint density at radius 3 is 1.45 bits per heavy atom. The Kier molecular flexibility index (Phi) is 8.76. The van der Waals surface area contributed by atoms with Gasteiger partial charge in [0.05, 0.1) is 25.6 Å². The summed E-state index contributed by atoms with van der Waals surface area (Å²) >= 11 is 0. The third-order valence-corrected chi connectivity index (χ3v) is 16.3. The maximum atomic E-state index is 6.55. The highest BCUT2D eigenvalue weighted by Crippen LogP contribution is 2.64.